The Bertz CT molecular complexity index is 275. The lowest BCUT2D eigenvalue weighted by Gasteiger charge is -2.19. The van der Waals surface area contributed by atoms with E-state index in [1.54, 1.807) is 0 Å². The Hall–Kier alpha value is -1.59. The largest absolute Gasteiger partial charge is 0.481 e. The number of primary amides is 1. The molecule has 0 aromatic rings. The number of rotatable bonds is 2. The molecule has 2 amide bonds. The lowest BCUT2D eigenvalue weighted by molar-refractivity contribution is -0.141. The summed E-state index contributed by atoms with van der Waals surface area (Å²) in [4.78, 5) is 21.0. The van der Waals surface area contributed by atoms with Crippen LogP contribution in [0.15, 0.2) is 5.10 Å². The number of carboxylic acid groups (broad SMARTS) is 1. The van der Waals surface area contributed by atoms with Crippen LogP contribution in [0.3, 0.4) is 0 Å². The van der Waals surface area contributed by atoms with Crippen molar-refractivity contribution in [2.45, 2.75) is 25.7 Å². The Morgan fingerprint density at radius 3 is 2.86 bits per heavy atom. The van der Waals surface area contributed by atoms with Crippen LogP contribution in [0.5, 0.6) is 0 Å². The number of nitrogens with zero attached hydrogens (tertiary/aromatic N) is 1. The van der Waals surface area contributed by atoms with Gasteiger partial charge in [0.2, 0.25) is 0 Å². The van der Waals surface area contributed by atoms with Crippen LogP contribution >= 0.6 is 0 Å². The highest BCUT2D eigenvalue weighted by Gasteiger charge is 2.24. The molecule has 1 saturated carbocycles. The summed E-state index contributed by atoms with van der Waals surface area (Å²) >= 11 is 0. The smallest absolute Gasteiger partial charge is 0.332 e. The van der Waals surface area contributed by atoms with Crippen molar-refractivity contribution in [2.75, 3.05) is 0 Å². The van der Waals surface area contributed by atoms with Crippen molar-refractivity contribution in [2.24, 2.45) is 16.8 Å². The van der Waals surface area contributed by atoms with Gasteiger partial charge in [-0.2, -0.15) is 5.10 Å². The van der Waals surface area contributed by atoms with Crippen LogP contribution in [0.4, 0.5) is 4.79 Å². The van der Waals surface area contributed by atoms with Crippen molar-refractivity contribution >= 4 is 17.7 Å². The average molecular weight is 199 g/mol. The average Bonchev–Trinajstić information content (AvgIpc) is 2.15. The number of aliphatic carboxylic acids is 1. The fraction of sp³-hybridized carbons (Fsp3) is 0.625. The molecule has 14 heavy (non-hydrogen) atoms. The zero-order valence-electron chi connectivity index (χ0n) is 7.69. The van der Waals surface area contributed by atoms with E-state index in [2.05, 4.69) is 10.5 Å². The van der Waals surface area contributed by atoms with Gasteiger partial charge < -0.3 is 10.8 Å². The van der Waals surface area contributed by atoms with Gasteiger partial charge in [0, 0.05) is 12.1 Å². The molecular formula is C8H13N3O3. The van der Waals surface area contributed by atoms with Gasteiger partial charge in [0.1, 0.15) is 0 Å². The van der Waals surface area contributed by atoms with Crippen molar-refractivity contribution in [1.29, 1.82) is 0 Å². The highest BCUT2D eigenvalue weighted by Crippen LogP contribution is 2.21. The van der Waals surface area contributed by atoms with Crippen LogP contribution in [0.25, 0.3) is 0 Å². The van der Waals surface area contributed by atoms with Gasteiger partial charge in [-0.15, -0.1) is 0 Å². The third kappa shape index (κ3) is 3.04. The van der Waals surface area contributed by atoms with Crippen LogP contribution in [0.1, 0.15) is 25.7 Å². The fourth-order valence-electron chi connectivity index (χ4n) is 1.49. The molecule has 0 saturated heterocycles. The third-order valence-corrected chi connectivity index (χ3v) is 2.17. The van der Waals surface area contributed by atoms with Gasteiger partial charge >= 0.3 is 12.0 Å². The van der Waals surface area contributed by atoms with Gasteiger partial charge in [0.05, 0.1) is 5.92 Å². The molecule has 1 aliphatic carbocycles. The summed E-state index contributed by atoms with van der Waals surface area (Å²) in [5.74, 6) is -1.19. The van der Waals surface area contributed by atoms with Gasteiger partial charge in [0.15, 0.2) is 0 Å². The van der Waals surface area contributed by atoms with E-state index < -0.39 is 12.0 Å². The molecule has 6 nitrogen and oxygen atoms in total. The summed E-state index contributed by atoms with van der Waals surface area (Å²) in [6.07, 6.45) is 2.58. The molecule has 78 valence electrons. The highest BCUT2D eigenvalue weighted by molar-refractivity contribution is 5.90. The first kappa shape index (κ1) is 10.5. The topological polar surface area (TPSA) is 105 Å². The van der Waals surface area contributed by atoms with E-state index in [1.807, 2.05) is 0 Å². The molecule has 1 fully saturated rings. The molecule has 1 unspecified atom stereocenters. The minimum absolute atomic E-state index is 0.378. The van der Waals surface area contributed by atoms with E-state index in [4.69, 9.17) is 10.8 Å². The van der Waals surface area contributed by atoms with E-state index >= 15 is 0 Å². The van der Waals surface area contributed by atoms with Gasteiger partial charge in [-0.25, -0.2) is 10.2 Å². The van der Waals surface area contributed by atoms with Crippen LogP contribution in [0.2, 0.25) is 0 Å². The van der Waals surface area contributed by atoms with E-state index in [0.717, 1.165) is 12.8 Å². The van der Waals surface area contributed by atoms with Crippen molar-refractivity contribution < 1.29 is 14.7 Å². The first-order chi connectivity index (χ1) is 6.59. The lowest BCUT2D eigenvalue weighted by Crippen LogP contribution is -2.28. The van der Waals surface area contributed by atoms with Crippen molar-refractivity contribution in [3.63, 3.8) is 0 Å². The molecule has 0 aliphatic heterocycles. The summed E-state index contributed by atoms with van der Waals surface area (Å²) in [7, 11) is 0. The predicted octanol–water partition coefficient (Wildman–Crippen LogP) is 0.285. The van der Waals surface area contributed by atoms with Gasteiger partial charge in [-0.1, -0.05) is 0 Å². The molecular weight excluding hydrogens is 186 g/mol. The molecule has 0 heterocycles. The fourth-order valence-corrected chi connectivity index (χ4v) is 1.49. The highest BCUT2D eigenvalue weighted by atomic mass is 16.4. The molecule has 0 spiro atoms. The number of hydrogen-bond acceptors (Lipinski definition) is 3. The van der Waals surface area contributed by atoms with Crippen LogP contribution in [-0.4, -0.2) is 22.8 Å². The minimum Gasteiger partial charge on any atom is -0.481 e. The Labute approximate surface area is 81.2 Å². The second-order valence-corrected chi connectivity index (χ2v) is 3.29. The van der Waals surface area contributed by atoms with Crippen LogP contribution < -0.4 is 11.2 Å². The number of amides is 2. The molecule has 0 aromatic heterocycles. The normalized spacial score (nSPS) is 24.6. The summed E-state index contributed by atoms with van der Waals surface area (Å²) in [5, 5.41) is 12.5. The molecule has 1 rings (SSSR count). The van der Waals surface area contributed by atoms with Crippen molar-refractivity contribution in [3.05, 3.63) is 0 Å². The zero-order chi connectivity index (χ0) is 10.6. The summed E-state index contributed by atoms with van der Waals surface area (Å²) < 4.78 is 0. The molecule has 1 aliphatic rings. The Morgan fingerprint density at radius 2 is 2.29 bits per heavy atom. The summed E-state index contributed by atoms with van der Waals surface area (Å²) in [6.45, 7) is 0. The maximum Gasteiger partial charge on any atom is 0.332 e. The Kier molecular flexibility index (Phi) is 3.44. The molecule has 4 N–H and O–H groups in total. The molecule has 0 bridgehead atoms. The monoisotopic (exact) mass is 199 g/mol. The van der Waals surface area contributed by atoms with E-state index in [9.17, 15) is 9.59 Å². The first-order valence-corrected chi connectivity index (χ1v) is 4.43. The second kappa shape index (κ2) is 4.59. The molecule has 0 aromatic carbocycles. The summed E-state index contributed by atoms with van der Waals surface area (Å²) in [6, 6.07) is -0.727. The quantitative estimate of drug-likeness (QED) is 0.556. The standard InChI is InChI=1S/C8H13N3O3/c9-8(14)11-10-6-3-1-2-5(4-6)7(12)13/h5H,1-4H2,(H,12,13)(H3,9,11,14). The SMILES string of the molecule is NC(=O)NN=C1CCCC(C(=O)O)C1. The maximum atomic E-state index is 10.7. The number of carbonyl (C=O) groups is 2. The number of nitrogens with one attached hydrogen (secondary N) is 1. The second-order valence-electron chi connectivity index (χ2n) is 3.29. The Morgan fingerprint density at radius 1 is 1.57 bits per heavy atom. The zero-order valence-corrected chi connectivity index (χ0v) is 7.69. The van der Waals surface area contributed by atoms with E-state index in [-0.39, 0.29) is 5.92 Å². The minimum atomic E-state index is -0.809. The number of carbonyl (C=O) groups excluding carboxylic acids is 1. The van der Waals surface area contributed by atoms with Crippen LogP contribution in [0, 0.1) is 5.92 Å². The first-order valence-electron chi connectivity index (χ1n) is 4.43. The number of hydrogen-bond donors (Lipinski definition) is 3. The molecule has 0 radical (unpaired) electrons. The van der Waals surface area contributed by atoms with Crippen molar-refractivity contribution in [1.82, 2.24) is 5.43 Å². The van der Waals surface area contributed by atoms with Crippen LogP contribution in [-0.2, 0) is 4.79 Å². The number of urea groups is 1. The number of hydrazone groups is 1. The summed E-state index contributed by atoms with van der Waals surface area (Å²) in [5.41, 5.74) is 7.64. The number of carboxylic acids is 1. The third-order valence-electron chi connectivity index (χ3n) is 2.17. The molecule has 6 heteroatoms. The maximum absolute atomic E-state index is 10.7. The van der Waals surface area contributed by atoms with Gasteiger partial charge in [-0.05, 0) is 19.3 Å². The van der Waals surface area contributed by atoms with E-state index in [1.165, 1.54) is 0 Å². The Balaban J connectivity index is 2.51. The lowest BCUT2D eigenvalue weighted by atomic mass is 9.88. The van der Waals surface area contributed by atoms with E-state index in [0.29, 0.717) is 18.6 Å². The van der Waals surface area contributed by atoms with Crippen molar-refractivity contribution in [3.8, 4) is 0 Å². The van der Waals surface area contributed by atoms with Gasteiger partial charge in [-0.3, -0.25) is 4.79 Å². The predicted molar refractivity (Wildman–Crippen MR) is 49.7 cm³/mol. The van der Waals surface area contributed by atoms with Gasteiger partial charge in [0.25, 0.3) is 0 Å². The molecule has 1 atom stereocenters. The number of nitrogens with two attached hydrogens (primary N) is 1.